The number of likely N-dealkylation sites (tertiary alicyclic amines) is 1. The van der Waals surface area contributed by atoms with E-state index in [0.29, 0.717) is 0 Å². The molecule has 0 aromatic carbocycles. The molecule has 2 heterocycles. The molecule has 0 aromatic rings. The third-order valence-corrected chi connectivity index (χ3v) is 4.43. The summed E-state index contributed by atoms with van der Waals surface area (Å²) in [4.78, 5) is 16.3. The standard InChI is InChI=1S/C11H21N3O3S/c1-13-6-5-9-3-4-10(8-13)14(9)11(15)7-12-18(2,16)17/h9-10,12H,3-8H2,1-2H3/t9-,10+/m1/s1. The van der Waals surface area contributed by atoms with Gasteiger partial charge in [-0.05, 0) is 32.9 Å². The van der Waals surface area contributed by atoms with Gasteiger partial charge in [0.2, 0.25) is 15.9 Å². The minimum absolute atomic E-state index is 0.0942. The summed E-state index contributed by atoms with van der Waals surface area (Å²) in [5.41, 5.74) is 0. The number of likely N-dealkylation sites (N-methyl/N-ethyl adjacent to an activating group) is 1. The number of nitrogens with one attached hydrogen (secondary N) is 1. The number of carbonyl (C=O) groups is 1. The molecular formula is C11H21N3O3S. The van der Waals surface area contributed by atoms with Gasteiger partial charge in [-0.1, -0.05) is 0 Å². The zero-order chi connectivity index (χ0) is 13.3. The molecule has 7 heteroatoms. The maximum Gasteiger partial charge on any atom is 0.238 e. The van der Waals surface area contributed by atoms with E-state index in [2.05, 4.69) is 16.7 Å². The van der Waals surface area contributed by atoms with Crippen LogP contribution in [0.15, 0.2) is 0 Å². The van der Waals surface area contributed by atoms with Gasteiger partial charge in [0.1, 0.15) is 0 Å². The van der Waals surface area contributed by atoms with Gasteiger partial charge in [0.05, 0.1) is 12.8 Å². The average Bonchev–Trinajstić information content (AvgIpc) is 2.56. The Labute approximate surface area is 108 Å². The third kappa shape index (κ3) is 3.21. The van der Waals surface area contributed by atoms with Gasteiger partial charge in [-0.2, -0.15) is 0 Å². The highest BCUT2D eigenvalue weighted by Gasteiger charge is 2.39. The molecule has 1 N–H and O–H groups in total. The van der Waals surface area contributed by atoms with Crippen molar-refractivity contribution in [3.05, 3.63) is 0 Å². The van der Waals surface area contributed by atoms with E-state index in [0.717, 1.165) is 38.6 Å². The van der Waals surface area contributed by atoms with Crippen molar-refractivity contribution in [2.24, 2.45) is 0 Å². The molecule has 2 bridgehead atoms. The highest BCUT2D eigenvalue weighted by atomic mass is 32.2. The first-order chi connectivity index (χ1) is 8.37. The quantitative estimate of drug-likeness (QED) is 0.734. The molecule has 0 aliphatic carbocycles. The number of sulfonamides is 1. The van der Waals surface area contributed by atoms with E-state index in [1.54, 1.807) is 0 Å². The molecule has 1 amide bonds. The topological polar surface area (TPSA) is 69.7 Å². The molecular weight excluding hydrogens is 254 g/mol. The van der Waals surface area contributed by atoms with Crippen LogP contribution in [-0.2, 0) is 14.8 Å². The van der Waals surface area contributed by atoms with Crippen molar-refractivity contribution in [3.8, 4) is 0 Å². The van der Waals surface area contributed by atoms with Gasteiger partial charge >= 0.3 is 0 Å². The molecule has 2 saturated heterocycles. The van der Waals surface area contributed by atoms with Crippen LogP contribution in [-0.4, -0.2) is 69.1 Å². The van der Waals surface area contributed by atoms with E-state index in [4.69, 9.17) is 0 Å². The van der Waals surface area contributed by atoms with E-state index < -0.39 is 10.0 Å². The van der Waals surface area contributed by atoms with Gasteiger partial charge in [0.25, 0.3) is 0 Å². The smallest absolute Gasteiger partial charge is 0.238 e. The molecule has 0 unspecified atom stereocenters. The molecule has 2 aliphatic rings. The molecule has 0 spiro atoms. The Kier molecular flexibility index (Phi) is 3.93. The van der Waals surface area contributed by atoms with Crippen LogP contribution in [0.4, 0.5) is 0 Å². The maximum absolute atomic E-state index is 12.1. The molecule has 6 nitrogen and oxygen atoms in total. The highest BCUT2D eigenvalue weighted by Crippen LogP contribution is 2.29. The van der Waals surface area contributed by atoms with Crippen LogP contribution in [0.2, 0.25) is 0 Å². The number of amides is 1. The van der Waals surface area contributed by atoms with E-state index in [9.17, 15) is 13.2 Å². The number of fused-ring (bicyclic) bond motifs is 2. The first-order valence-electron chi connectivity index (χ1n) is 6.31. The number of rotatable bonds is 3. The fraction of sp³-hybridized carbons (Fsp3) is 0.909. The number of hydrogen-bond donors (Lipinski definition) is 1. The zero-order valence-electron chi connectivity index (χ0n) is 10.9. The lowest BCUT2D eigenvalue weighted by molar-refractivity contribution is -0.132. The van der Waals surface area contributed by atoms with Crippen molar-refractivity contribution >= 4 is 15.9 Å². The van der Waals surface area contributed by atoms with Gasteiger partial charge in [-0.25, -0.2) is 13.1 Å². The van der Waals surface area contributed by atoms with Crippen molar-refractivity contribution in [1.29, 1.82) is 0 Å². The van der Waals surface area contributed by atoms with Crippen molar-refractivity contribution in [2.75, 3.05) is 32.9 Å². The van der Waals surface area contributed by atoms with Crippen LogP contribution in [0.3, 0.4) is 0 Å². The lowest BCUT2D eigenvalue weighted by Crippen LogP contribution is -2.47. The molecule has 0 aromatic heterocycles. The Morgan fingerprint density at radius 3 is 2.61 bits per heavy atom. The van der Waals surface area contributed by atoms with Gasteiger partial charge in [0.15, 0.2) is 0 Å². The van der Waals surface area contributed by atoms with Gasteiger partial charge < -0.3 is 9.80 Å². The van der Waals surface area contributed by atoms with Crippen molar-refractivity contribution in [3.63, 3.8) is 0 Å². The lowest BCUT2D eigenvalue weighted by Gasteiger charge is -2.28. The molecule has 0 radical (unpaired) electrons. The van der Waals surface area contributed by atoms with Crippen LogP contribution in [0.25, 0.3) is 0 Å². The second-order valence-corrected chi connectivity index (χ2v) is 7.16. The summed E-state index contributed by atoms with van der Waals surface area (Å²) in [7, 11) is -1.23. The van der Waals surface area contributed by atoms with Crippen LogP contribution in [0, 0.1) is 0 Å². The number of nitrogens with zero attached hydrogens (tertiary/aromatic N) is 2. The summed E-state index contributed by atoms with van der Waals surface area (Å²) in [6.07, 6.45) is 4.13. The minimum atomic E-state index is -3.30. The van der Waals surface area contributed by atoms with Crippen molar-refractivity contribution < 1.29 is 13.2 Å². The molecule has 18 heavy (non-hydrogen) atoms. The third-order valence-electron chi connectivity index (χ3n) is 3.76. The average molecular weight is 275 g/mol. The lowest BCUT2D eigenvalue weighted by atomic mass is 10.1. The van der Waals surface area contributed by atoms with E-state index in [1.807, 2.05) is 4.90 Å². The zero-order valence-corrected chi connectivity index (χ0v) is 11.7. The first kappa shape index (κ1) is 13.8. The molecule has 2 aliphatic heterocycles. The van der Waals surface area contributed by atoms with Crippen LogP contribution < -0.4 is 4.72 Å². The highest BCUT2D eigenvalue weighted by molar-refractivity contribution is 7.88. The molecule has 0 saturated carbocycles. The predicted molar refractivity (Wildman–Crippen MR) is 68.6 cm³/mol. The second kappa shape index (κ2) is 5.14. The van der Waals surface area contributed by atoms with Crippen LogP contribution in [0.5, 0.6) is 0 Å². The summed E-state index contributed by atoms with van der Waals surface area (Å²) < 4.78 is 24.3. The van der Waals surface area contributed by atoms with E-state index in [1.165, 1.54) is 0 Å². The van der Waals surface area contributed by atoms with Gasteiger partial charge in [-0.3, -0.25) is 4.79 Å². The molecule has 2 rings (SSSR count). The first-order valence-corrected chi connectivity index (χ1v) is 8.20. The number of hydrogen-bond acceptors (Lipinski definition) is 4. The fourth-order valence-corrected chi connectivity index (χ4v) is 3.32. The normalized spacial score (nSPS) is 29.3. The summed E-state index contributed by atoms with van der Waals surface area (Å²) in [5, 5.41) is 0. The number of carbonyl (C=O) groups excluding carboxylic acids is 1. The van der Waals surface area contributed by atoms with E-state index >= 15 is 0 Å². The minimum Gasteiger partial charge on any atom is -0.334 e. The Morgan fingerprint density at radius 2 is 1.94 bits per heavy atom. The molecule has 104 valence electrons. The Balaban J connectivity index is 2.01. The van der Waals surface area contributed by atoms with Crippen molar-refractivity contribution in [1.82, 2.24) is 14.5 Å². The van der Waals surface area contributed by atoms with Crippen LogP contribution in [0.1, 0.15) is 19.3 Å². The fourth-order valence-electron chi connectivity index (χ4n) is 2.94. The second-order valence-electron chi connectivity index (χ2n) is 5.33. The monoisotopic (exact) mass is 275 g/mol. The van der Waals surface area contributed by atoms with Gasteiger partial charge in [-0.15, -0.1) is 0 Å². The molecule has 2 fully saturated rings. The maximum atomic E-state index is 12.1. The van der Waals surface area contributed by atoms with E-state index in [-0.39, 0.29) is 24.5 Å². The summed E-state index contributed by atoms with van der Waals surface area (Å²) in [5.74, 6) is -0.0942. The Hall–Kier alpha value is -0.660. The predicted octanol–water partition coefficient (Wildman–Crippen LogP) is -0.769. The molecule has 2 atom stereocenters. The van der Waals surface area contributed by atoms with Crippen LogP contribution >= 0.6 is 0 Å². The van der Waals surface area contributed by atoms with Gasteiger partial charge in [0, 0.05) is 18.6 Å². The largest absolute Gasteiger partial charge is 0.334 e. The van der Waals surface area contributed by atoms with Crippen molar-refractivity contribution in [2.45, 2.75) is 31.3 Å². The Morgan fingerprint density at radius 1 is 1.28 bits per heavy atom. The Bertz CT molecular complexity index is 423. The summed E-state index contributed by atoms with van der Waals surface area (Å²) >= 11 is 0. The summed E-state index contributed by atoms with van der Waals surface area (Å²) in [6, 6.07) is 0.533. The summed E-state index contributed by atoms with van der Waals surface area (Å²) in [6.45, 7) is 1.78. The SMILES string of the molecule is CN1CC[C@H]2CC[C@@H](C1)N2C(=O)CNS(C)(=O)=O.